The Morgan fingerprint density at radius 2 is 2.03 bits per heavy atom. The minimum atomic E-state index is 0.0940. The highest BCUT2D eigenvalue weighted by molar-refractivity contribution is 7.99. The number of aryl methyl sites for hydroxylation is 1. The second-order valence-electron chi connectivity index (χ2n) is 10.2. The number of nitrogens with zero attached hydrogens (tertiary/aromatic N) is 6. The van der Waals surface area contributed by atoms with Crippen molar-refractivity contribution >= 4 is 29.0 Å². The smallest absolute Gasteiger partial charge is 0.206 e. The summed E-state index contributed by atoms with van der Waals surface area (Å²) in [5.41, 5.74) is 11.6. The van der Waals surface area contributed by atoms with Gasteiger partial charge in [0.05, 0.1) is 17.3 Å². The molecule has 5 heterocycles. The molecule has 1 atom stereocenters. The summed E-state index contributed by atoms with van der Waals surface area (Å²) in [5.74, 6) is 2.05. The molecule has 1 spiro atoms. The number of benzene rings is 1. The summed E-state index contributed by atoms with van der Waals surface area (Å²) >= 11 is 1.46. The first-order valence-corrected chi connectivity index (χ1v) is 13.8. The van der Waals surface area contributed by atoms with Crippen LogP contribution in [0, 0.1) is 12.3 Å². The molecule has 1 saturated heterocycles. The lowest BCUT2D eigenvalue weighted by Gasteiger charge is -2.42. The quantitative estimate of drug-likeness (QED) is 0.314. The van der Waals surface area contributed by atoms with E-state index in [4.69, 9.17) is 24.9 Å². The van der Waals surface area contributed by atoms with Gasteiger partial charge in [-0.3, -0.25) is 4.98 Å². The Balaban J connectivity index is 1.04. The van der Waals surface area contributed by atoms with Crippen molar-refractivity contribution in [1.29, 1.82) is 0 Å². The summed E-state index contributed by atoms with van der Waals surface area (Å²) in [5, 5.41) is 0.723. The van der Waals surface area contributed by atoms with Gasteiger partial charge in [0, 0.05) is 32.3 Å². The van der Waals surface area contributed by atoms with Crippen LogP contribution in [0.4, 0.5) is 5.95 Å². The zero-order valence-corrected chi connectivity index (χ0v) is 22.3. The summed E-state index contributed by atoms with van der Waals surface area (Å²) in [7, 11) is 0. The summed E-state index contributed by atoms with van der Waals surface area (Å²) < 4.78 is 11.2. The van der Waals surface area contributed by atoms with Gasteiger partial charge >= 0.3 is 0 Å². The van der Waals surface area contributed by atoms with Gasteiger partial charge in [-0.25, -0.2) is 15.0 Å². The van der Waals surface area contributed by atoms with Crippen molar-refractivity contribution in [2.24, 2.45) is 11.1 Å². The minimum absolute atomic E-state index is 0.0940. The molecule has 0 bridgehead atoms. The fraction of sp³-hybridized carbons (Fsp3) is 0.321. The maximum Gasteiger partial charge on any atom is 0.206 e. The fourth-order valence-corrected chi connectivity index (χ4v) is 6.54. The third kappa shape index (κ3) is 4.51. The lowest BCUT2D eigenvalue weighted by atomic mass is 9.73. The van der Waals surface area contributed by atoms with E-state index in [-0.39, 0.29) is 18.1 Å². The predicted molar refractivity (Wildman–Crippen MR) is 147 cm³/mol. The van der Waals surface area contributed by atoms with Crippen LogP contribution in [-0.2, 0) is 13.0 Å². The number of fused-ring (bicyclic) bond motifs is 2. The van der Waals surface area contributed by atoms with Gasteiger partial charge < -0.3 is 24.8 Å². The van der Waals surface area contributed by atoms with Crippen molar-refractivity contribution in [3.05, 3.63) is 77.9 Å². The number of nitrogens with one attached hydrogen (secondary N) is 1. The Morgan fingerprint density at radius 3 is 2.85 bits per heavy atom. The van der Waals surface area contributed by atoms with E-state index in [2.05, 4.69) is 49.1 Å². The third-order valence-corrected chi connectivity index (χ3v) is 8.79. The van der Waals surface area contributed by atoms with Crippen LogP contribution >= 0.6 is 11.8 Å². The molecule has 10 nitrogen and oxygen atoms in total. The second kappa shape index (κ2) is 9.65. The highest BCUT2D eigenvalue weighted by atomic mass is 32.2. The number of rotatable bonds is 6. The minimum Gasteiger partial charge on any atom is -0.484 e. The van der Waals surface area contributed by atoms with E-state index in [1.165, 1.54) is 22.9 Å². The molecule has 0 saturated carbocycles. The van der Waals surface area contributed by atoms with E-state index < -0.39 is 0 Å². The van der Waals surface area contributed by atoms with Crippen LogP contribution in [0.5, 0.6) is 5.75 Å². The number of oxazole rings is 1. The Morgan fingerprint density at radius 1 is 1.15 bits per heavy atom. The van der Waals surface area contributed by atoms with Crippen molar-refractivity contribution < 1.29 is 9.15 Å². The monoisotopic (exact) mass is 540 g/mol. The molecule has 11 heteroatoms. The van der Waals surface area contributed by atoms with Crippen LogP contribution < -0.4 is 15.4 Å². The van der Waals surface area contributed by atoms with Gasteiger partial charge in [0.2, 0.25) is 5.95 Å². The van der Waals surface area contributed by atoms with E-state index in [1.54, 1.807) is 31.8 Å². The molecular weight excluding hydrogens is 512 g/mol. The molecule has 198 valence electrons. The van der Waals surface area contributed by atoms with Gasteiger partial charge in [0.1, 0.15) is 23.6 Å². The van der Waals surface area contributed by atoms with Crippen LogP contribution in [0.15, 0.2) is 69.5 Å². The number of hydrogen-bond acceptors (Lipinski definition) is 10. The number of aromatic nitrogens is 6. The molecule has 2 aliphatic rings. The summed E-state index contributed by atoms with van der Waals surface area (Å²) in [6.07, 6.45) is 9.87. The van der Waals surface area contributed by atoms with Gasteiger partial charge in [-0.2, -0.15) is 4.98 Å². The molecule has 3 N–H and O–H groups in total. The molecule has 4 aromatic heterocycles. The lowest BCUT2D eigenvalue weighted by molar-refractivity contribution is 0.187. The largest absolute Gasteiger partial charge is 0.484 e. The summed E-state index contributed by atoms with van der Waals surface area (Å²) in [4.78, 5) is 29.2. The Hall–Kier alpha value is -3.96. The zero-order valence-electron chi connectivity index (χ0n) is 21.5. The normalized spacial score (nSPS) is 18.1. The second-order valence-corrected chi connectivity index (χ2v) is 11.3. The topological polar surface area (TPSA) is 132 Å². The molecule has 1 aliphatic heterocycles. The van der Waals surface area contributed by atoms with E-state index >= 15 is 0 Å². The van der Waals surface area contributed by atoms with E-state index in [1.807, 2.05) is 6.07 Å². The number of pyridine rings is 1. The zero-order chi connectivity index (χ0) is 26.4. The fourth-order valence-electron chi connectivity index (χ4n) is 5.73. The molecular formula is C28H28N8O2S. The molecule has 39 heavy (non-hydrogen) atoms. The average molecular weight is 541 g/mol. The van der Waals surface area contributed by atoms with Crippen LogP contribution in [-0.4, -0.2) is 43.0 Å². The Kier molecular flexibility index (Phi) is 5.97. The number of hydrogen-bond donors (Lipinski definition) is 2. The van der Waals surface area contributed by atoms with Gasteiger partial charge in [-0.1, -0.05) is 36.0 Å². The van der Waals surface area contributed by atoms with Crippen molar-refractivity contribution in [3.8, 4) is 5.75 Å². The number of aromatic amines is 1. The van der Waals surface area contributed by atoms with Gasteiger partial charge in [0.15, 0.2) is 22.9 Å². The molecule has 1 fully saturated rings. The first-order chi connectivity index (χ1) is 19.1. The molecule has 5 aromatic rings. The maximum atomic E-state index is 6.76. The Bertz CT molecular complexity index is 1640. The maximum absolute atomic E-state index is 6.76. The molecule has 7 rings (SSSR count). The third-order valence-electron chi connectivity index (χ3n) is 7.83. The number of H-pyrrole nitrogens is 1. The number of nitrogens with two attached hydrogens (primary N) is 1. The standard InChI is InChI=1S/C28H28N8O2S/c1-17-32-19(15-37-17)16-38-21-13-30-9-6-22(21)39-23-14-31-25-26(33-23)35-27(34-25)36-10-7-28(8-11-36)12-18-4-2-3-5-20(18)24(28)29/h2-6,9,13-15,24H,7-8,10-12,16,29H2,1H3,(H,31,33,34,35)/t24-/m1/s1. The van der Waals surface area contributed by atoms with Gasteiger partial charge in [-0.05, 0) is 41.9 Å². The van der Waals surface area contributed by atoms with Crippen molar-refractivity contribution in [2.45, 2.75) is 48.8 Å². The molecule has 0 radical (unpaired) electrons. The average Bonchev–Trinajstić information content (AvgIpc) is 3.65. The number of anilines is 1. The van der Waals surface area contributed by atoms with Gasteiger partial charge in [-0.15, -0.1) is 0 Å². The number of piperidine rings is 1. The Labute approximate surface area is 229 Å². The lowest BCUT2D eigenvalue weighted by Crippen LogP contribution is -2.44. The molecule has 0 unspecified atom stereocenters. The van der Waals surface area contributed by atoms with Crippen molar-refractivity contribution in [1.82, 2.24) is 29.9 Å². The summed E-state index contributed by atoms with van der Waals surface area (Å²) in [6, 6.07) is 10.6. The number of ether oxygens (including phenoxy) is 1. The number of imidazole rings is 1. The van der Waals surface area contributed by atoms with E-state index in [0.29, 0.717) is 22.9 Å². The van der Waals surface area contributed by atoms with Crippen LogP contribution in [0.3, 0.4) is 0 Å². The molecule has 1 aromatic carbocycles. The van der Waals surface area contributed by atoms with Gasteiger partial charge in [0.25, 0.3) is 0 Å². The van der Waals surface area contributed by atoms with Crippen molar-refractivity contribution in [3.63, 3.8) is 0 Å². The summed E-state index contributed by atoms with van der Waals surface area (Å²) in [6.45, 7) is 3.88. The van der Waals surface area contributed by atoms with Crippen molar-refractivity contribution in [2.75, 3.05) is 18.0 Å². The van der Waals surface area contributed by atoms with E-state index in [9.17, 15) is 0 Å². The first kappa shape index (κ1) is 24.1. The molecule has 1 aliphatic carbocycles. The van der Waals surface area contributed by atoms with Crippen LogP contribution in [0.1, 0.15) is 41.6 Å². The highest BCUT2D eigenvalue weighted by Crippen LogP contribution is 2.50. The first-order valence-electron chi connectivity index (χ1n) is 13.0. The highest BCUT2D eigenvalue weighted by Gasteiger charge is 2.46. The predicted octanol–water partition coefficient (Wildman–Crippen LogP) is 4.62. The molecule has 0 amide bonds. The van der Waals surface area contributed by atoms with E-state index in [0.717, 1.165) is 53.9 Å². The van der Waals surface area contributed by atoms with Crippen LogP contribution in [0.25, 0.3) is 11.3 Å². The van der Waals surface area contributed by atoms with Crippen LogP contribution in [0.2, 0.25) is 0 Å². The SMILES string of the molecule is Cc1nc(COc2cnccc2Sc2cnc3[nH]c(N4CCC5(CC4)Cc4ccccc4[C@H]5N)nc3n2)co1.